The first-order valence-electron chi connectivity index (χ1n) is 8.60. The van der Waals surface area contributed by atoms with Gasteiger partial charge in [-0.05, 0) is 38.3 Å². The fraction of sp³-hybridized carbons (Fsp3) is 0.611. The smallest absolute Gasteiger partial charge is 0.317 e. The fourth-order valence-electron chi connectivity index (χ4n) is 3.20. The lowest BCUT2D eigenvalue weighted by Gasteiger charge is -2.36. The number of nitrogens with one attached hydrogen (secondary N) is 1. The monoisotopic (exact) mass is 348 g/mol. The standard InChI is InChI=1S/C18H28N4O3/c1-12-10-13(2)20-17(25-5)16(12)11-19-18(24)22-8-6-15(7-9-22)21(4)14(3)23/h10,15H,6-9,11H2,1-5H3,(H,19,24). The topological polar surface area (TPSA) is 74.8 Å². The fourth-order valence-corrected chi connectivity index (χ4v) is 3.20. The number of hydrogen-bond acceptors (Lipinski definition) is 4. The SMILES string of the molecule is COc1nc(C)cc(C)c1CNC(=O)N1CCC(N(C)C(C)=O)CC1. The maximum absolute atomic E-state index is 12.4. The summed E-state index contributed by atoms with van der Waals surface area (Å²) in [4.78, 5) is 31.8. The van der Waals surface area contributed by atoms with Crippen LogP contribution in [0.15, 0.2) is 6.07 Å². The summed E-state index contributed by atoms with van der Waals surface area (Å²) in [6.45, 7) is 7.16. The van der Waals surface area contributed by atoms with Gasteiger partial charge < -0.3 is 19.9 Å². The maximum Gasteiger partial charge on any atom is 0.317 e. The van der Waals surface area contributed by atoms with Gasteiger partial charge in [-0.15, -0.1) is 0 Å². The number of pyridine rings is 1. The highest BCUT2D eigenvalue weighted by Crippen LogP contribution is 2.21. The highest BCUT2D eigenvalue weighted by Gasteiger charge is 2.26. The second-order valence-electron chi connectivity index (χ2n) is 6.58. The highest BCUT2D eigenvalue weighted by molar-refractivity contribution is 5.75. The molecule has 3 amide bonds. The van der Waals surface area contributed by atoms with Crippen LogP contribution in [0.3, 0.4) is 0 Å². The van der Waals surface area contributed by atoms with Crippen molar-refractivity contribution in [1.82, 2.24) is 20.1 Å². The zero-order valence-corrected chi connectivity index (χ0v) is 15.8. The first-order chi connectivity index (χ1) is 11.8. The summed E-state index contributed by atoms with van der Waals surface area (Å²) >= 11 is 0. The molecule has 0 aliphatic carbocycles. The Kier molecular flexibility index (Phi) is 6.22. The Labute approximate surface area is 149 Å². The lowest BCUT2D eigenvalue weighted by Crippen LogP contribution is -2.49. The summed E-state index contributed by atoms with van der Waals surface area (Å²) in [6, 6.07) is 2.10. The molecule has 2 rings (SSSR count). The molecule has 1 fully saturated rings. The number of amides is 3. The van der Waals surface area contributed by atoms with Gasteiger partial charge in [0, 0.05) is 44.4 Å². The number of methoxy groups -OCH3 is 1. The Morgan fingerprint density at radius 1 is 1.36 bits per heavy atom. The normalized spacial score (nSPS) is 15.0. The summed E-state index contributed by atoms with van der Waals surface area (Å²) in [7, 11) is 3.41. The third-order valence-electron chi connectivity index (χ3n) is 4.84. The Hall–Kier alpha value is -2.31. The van der Waals surface area contributed by atoms with E-state index in [1.165, 1.54) is 0 Å². The molecule has 1 aliphatic rings. The second-order valence-corrected chi connectivity index (χ2v) is 6.58. The minimum Gasteiger partial charge on any atom is -0.481 e. The van der Waals surface area contributed by atoms with E-state index in [0.717, 1.165) is 29.7 Å². The predicted octanol–water partition coefficient (Wildman–Crippen LogP) is 1.86. The molecule has 0 bridgehead atoms. The van der Waals surface area contributed by atoms with Gasteiger partial charge in [-0.3, -0.25) is 4.79 Å². The van der Waals surface area contributed by atoms with E-state index in [1.54, 1.807) is 23.8 Å². The number of aromatic nitrogens is 1. The number of rotatable bonds is 4. The van der Waals surface area contributed by atoms with Crippen LogP contribution < -0.4 is 10.1 Å². The molecule has 0 radical (unpaired) electrons. The van der Waals surface area contributed by atoms with Crippen molar-refractivity contribution in [1.29, 1.82) is 0 Å². The van der Waals surface area contributed by atoms with Crippen molar-refractivity contribution < 1.29 is 14.3 Å². The number of nitrogens with zero attached hydrogens (tertiary/aromatic N) is 3. The Balaban J connectivity index is 1.91. The molecule has 0 saturated carbocycles. The first-order valence-corrected chi connectivity index (χ1v) is 8.60. The van der Waals surface area contributed by atoms with Gasteiger partial charge in [-0.2, -0.15) is 0 Å². The number of urea groups is 1. The molecule has 0 atom stereocenters. The number of hydrogen-bond donors (Lipinski definition) is 1. The third-order valence-corrected chi connectivity index (χ3v) is 4.84. The molecular weight excluding hydrogens is 320 g/mol. The largest absolute Gasteiger partial charge is 0.481 e. The molecule has 7 heteroatoms. The van der Waals surface area contributed by atoms with Crippen molar-refractivity contribution in [3.8, 4) is 5.88 Å². The van der Waals surface area contributed by atoms with Crippen LogP contribution in [0.2, 0.25) is 0 Å². The van der Waals surface area contributed by atoms with Gasteiger partial charge in [0.2, 0.25) is 11.8 Å². The van der Waals surface area contributed by atoms with E-state index in [-0.39, 0.29) is 18.0 Å². The number of piperidine rings is 1. The average Bonchev–Trinajstić information content (AvgIpc) is 2.59. The van der Waals surface area contributed by atoms with Crippen LogP contribution >= 0.6 is 0 Å². The average molecular weight is 348 g/mol. The van der Waals surface area contributed by atoms with E-state index in [2.05, 4.69) is 10.3 Å². The van der Waals surface area contributed by atoms with Crippen LogP contribution in [0.25, 0.3) is 0 Å². The van der Waals surface area contributed by atoms with Crippen molar-refractivity contribution >= 4 is 11.9 Å². The lowest BCUT2D eigenvalue weighted by atomic mass is 10.0. The molecule has 7 nitrogen and oxygen atoms in total. The number of aryl methyl sites for hydroxylation is 2. The van der Waals surface area contributed by atoms with Crippen LogP contribution in [-0.4, -0.2) is 60.0 Å². The second kappa shape index (κ2) is 8.18. The number of carbonyl (C=O) groups is 2. The van der Waals surface area contributed by atoms with Gasteiger partial charge in [-0.25, -0.2) is 9.78 Å². The Morgan fingerprint density at radius 3 is 2.56 bits per heavy atom. The van der Waals surface area contributed by atoms with Gasteiger partial charge in [0.05, 0.1) is 13.7 Å². The van der Waals surface area contributed by atoms with E-state index >= 15 is 0 Å². The summed E-state index contributed by atoms with van der Waals surface area (Å²) in [6.07, 6.45) is 1.61. The van der Waals surface area contributed by atoms with E-state index in [1.807, 2.05) is 27.0 Å². The van der Waals surface area contributed by atoms with Crippen LogP contribution in [0.1, 0.15) is 36.6 Å². The van der Waals surface area contributed by atoms with E-state index in [0.29, 0.717) is 25.5 Å². The molecule has 1 saturated heterocycles. The first kappa shape index (κ1) is 19.0. The molecule has 25 heavy (non-hydrogen) atoms. The number of ether oxygens (including phenoxy) is 1. The minimum absolute atomic E-state index is 0.0670. The molecule has 0 aromatic carbocycles. The van der Waals surface area contributed by atoms with Gasteiger partial charge in [0.1, 0.15) is 0 Å². The van der Waals surface area contributed by atoms with Gasteiger partial charge in [0.15, 0.2) is 0 Å². The van der Waals surface area contributed by atoms with Gasteiger partial charge >= 0.3 is 6.03 Å². The quantitative estimate of drug-likeness (QED) is 0.901. The molecule has 1 N–H and O–H groups in total. The van der Waals surface area contributed by atoms with Crippen LogP contribution in [0.4, 0.5) is 4.79 Å². The van der Waals surface area contributed by atoms with Gasteiger partial charge in [0.25, 0.3) is 0 Å². The molecule has 138 valence electrons. The van der Waals surface area contributed by atoms with E-state index in [4.69, 9.17) is 4.74 Å². The van der Waals surface area contributed by atoms with Crippen LogP contribution in [0, 0.1) is 13.8 Å². The number of likely N-dealkylation sites (tertiary alicyclic amines) is 1. The van der Waals surface area contributed by atoms with Crippen molar-refractivity contribution in [2.24, 2.45) is 0 Å². The third kappa shape index (κ3) is 4.61. The molecule has 0 unspecified atom stereocenters. The molecule has 1 aromatic rings. The van der Waals surface area contributed by atoms with Crippen molar-refractivity contribution in [2.45, 2.75) is 46.2 Å². The van der Waals surface area contributed by atoms with Crippen molar-refractivity contribution in [3.05, 3.63) is 22.9 Å². The zero-order valence-electron chi connectivity index (χ0n) is 15.8. The summed E-state index contributed by atoms with van der Waals surface area (Å²) in [5, 5.41) is 2.96. The number of carbonyl (C=O) groups excluding carboxylic acids is 2. The maximum atomic E-state index is 12.4. The summed E-state index contributed by atoms with van der Waals surface area (Å²) in [5.41, 5.74) is 2.83. The summed E-state index contributed by atoms with van der Waals surface area (Å²) < 4.78 is 5.33. The van der Waals surface area contributed by atoms with Crippen molar-refractivity contribution in [2.75, 3.05) is 27.2 Å². The molecule has 2 heterocycles. The lowest BCUT2D eigenvalue weighted by molar-refractivity contribution is -0.130. The predicted molar refractivity (Wildman–Crippen MR) is 95.5 cm³/mol. The summed E-state index contributed by atoms with van der Waals surface area (Å²) in [5.74, 6) is 0.622. The van der Waals surface area contributed by atoms with Gasteiger partial charge in [-0.1, -0.05) is 0 Å². The van der Waals surface area contributed by atoms with Crippen LogP contribution in [0.5, 0.6) is 5.88 Å². The molecule has 0 spiro atoms. The Morgan fingerprint density at radius 2 is 2.00 bits per heavy atom. The molecular formula is C18H28N4O3. The van der Waals surface area contributed by atoms with Crippen LogP contribution in [-0.2, 0) is 11.3 Å². The van der Waals surface area contributed by atoms with E-state index < -0.39 is 0 Å². The van der Waals surface area contributed by atoms with E-state index in [9.17, 15) is 9.59 Å². The Bertz CT molecular complexity index is 639. The highest BCUT2D eigenvalue weighted by atomic mass is 16.5. The molecule has 1 aliphatic heterocycles. The molecule has 1 aromatic heterocycles. The zero-order chi connectivity index (χ0) is 18.6. The minimum atomic E-state index is -0.0917. The van der Waals surface area contributed by atoms with Crippen molar-refractivity contribution in [3.63, 3.8) is 0 Å².